The van der Waals surface area contributed by atoms with E-state index in [1.807, 2.05) is 24.5 Å². The van der Waals surface area contributed by atoms with E-state index >= 15 is 0 Å². The van der Waals surface area contributed by atoms with Crippen molar-refractivity contribution in [1.29, 1.82) is 0 Å². The van der Waals surface area contributed by atoms with Crippen molar-refractivity contribution in [3.63, 3.8) is 0 Å². The van der Waals surface area contributed by atoms with Crippen LogP contribution >= 0.6 is 0 Å². The van der Waals surface area contributed by atoms with Gasteiger partial charge in [0.2, 0.25) is 5.91 Å². The third kappa shape index (κ3) is 7.75. The highest BCUT2D eigenvalue weighted by Crippen LogP contribution is 2.37. The molecule has 2 aromatic rings. The maximum atomic E-state index is 12.2. The van der Waals surface area contributed by atoms with Gasteiger partial charge in [0.25, 0.3) is 0 Å². The van der Waals surface area contributed by atoms with Crippen molar-refractivity contribution in [2.24, 2.45) is 23.7 Å². The van der Waals surface area contributed by atoms with Crippen molar-refractivity contribution in [3.05, 3.63) is 53.9 Å². The molecule has 1 saturated carbocycles. The molecule has 1 unspecified atom stereocenters. The summed E-state index contributed by atoms with van der Waals surface area (Å²) in [6.07, 6.45) is 19.6. The van der Waals surface area contributed by atoms with E-state index in [0.29, 0.717) is 19.5 Å². The van der Waals surface area contributed by atoms with Crippen LogP contribution < -0.4 is 0 Å². The average Bonchev–Trinajstić information content (AvgIpc) is 2.88. The number of amides is 1. The van der Waals surface area contributed by atoms with E-state index in [0.717, 1.165) is 54.0 Å². The van der Waals surface area contributed by atoms with Crippen molar-refractivity contribution < 1.29 is 14.7 Å². The van der Waals surface area contributed by atoms with Crippen molar-refractivity contribution in [1.82, 2.24) is 14.9 Å². The summed E-state index contributed by atoms with van der Waals surface area (Å²) < 4.78 is 0. The first kappa shape index (κ1) is 28.0. The minimum absolute atomic E-state index is 0.0474. The number of carbonyl (C=O) groups excluding carboxylic acids is 1. The van der Waals surface area contributed by atoms with Gasteiger partial charge in [0.1, 0.15) is 0 Å². The topological polar surface area (TPSA) is 83.4 Å². The fourth-order valence-corrected chi connectivity index (χ4v) is 5.89. The number of likely N-dealkylation sites (tertiary alicyclic amines) is 1. The van der Waals surface area contributed by atoms with Gasteiger partial charge in [-0.1, -0.05) is 75.9 Å². The SMILES string of the molecule is CCCC(C/C=C/c1cnc(-c2ccc(CCCC(=O)N3CC(C(=O)O)C3)cc2)nc1)C1CCC(C)CC1. The Balaban J connectivity index is 1.22. The molecule has 2 fully saturated rings. The molecule has 0 radical (unpaired) electrons. The summed E-state index contributed by atoms with van der Waals surface area (Å²) in [5.74, 6) is 2.13. The molecule has 204 valence electrons. The molecule has 4 rings (SSSR count). The van der Waals surface area contributed by atoms with Gasteiger partial charge in [-0.05, 0) is 55.4 Å². The lowest BCUT2D eigenvalue weighted by atomic mass is 9.74. The number of hydrogen-bond donors (Lipinski definition) is 1. The molecule has 6 nitrogen and oxygen atoms in total. The summed E-state index contributed by atoms with van der Waals surface area (Å²) in [6, 6.07) is 8.21. The fraction of sp³-hybridized carbons (Fsp3) is 0.562. The molecule has 1 aromatic carbocycles. The van der Waals surface area contributed by atoms with Gasteiger partial charge in [-0.15, -0.1) is 0 Å². The van der Waals surface area contributed by atoms with Crippen LogP contribution in [0, 0.1) is 23.7 Å². The van der Waals surface area contributed by atoms with Crippen molar-refractivity contribution >= 4 is 18.0 Å². The minimum atomic E-state index is -0.815. The Morgan fingerprint density at radius 3 is 2.39 bits per heavy atom. The average molecular weight is 518 g/mol. The molecule has 1 atom stereocenters. The third-order valence-corrected chi connectivity index (χ3v) is 8.46. The molecular formula is C32H43N3O3. The first-order valence-electron chi connectivity index (χ1n) is 14.5. The van der Waals surface area contributed by atoms with Crippen LogP contribution in [0.3, 0.4) is 0 Å². The summed E-state index contributed by atoms with van der Waals surface area (Å²) in [7, 11) is 0. The number of allylic oxidation sites excluding steroid dienone is 1. The van der Waals surface area contributed by atoms with Crippen LogP contribution in [0.4, 0.5) is 0 Å². The highest BCUT2D eigenvalue weighted by molar-refractivity contribution is 5.80. The molecule has 1 aromatic heterocycles. The summed E-state index contributed by atoms with van der Waals surface area (Å²) in [6.45, 7) is 5.38. The molecule has 1 saturated heterocycles. The van der Waals surface area contributed by atoms with Gasteiger partial charge in [-0.3, -0.25) is 9.59 Å². The fourth-order valence-electron chi connectivity index (χ4n) is 5.89. The van der Waals surface area contributed by atoms with Gasteiger partial charge in [-0.2, -0.15) is 0 Å². The number of benzene rings is 1. The number of hydrogen-bond acceptors (Lipinski definition) is 4. The van der Waals surface area contributed by atoms with Gasteiger partial charge >= 0.3 is 5.97 Å². The van der Waals surface area contributed by atoms with Crippen molar-refractivity contribution in [2.75, 3.05) is 13.1 Å². The van der Waals surface area contributed by atoms with Crippen molar-refractivity contribution in [3.8, 4) is 11.4 Å². The maximum Gasteiger partial charge on any atom is 0.310 e. The van der Waals surface area contributed by atoms with E-state index in [-0.39, 0.29) is 5.91 Å². The molecule has 1 N–H and O–H groups in total. The van der Waals surface area contributed by atoms with Crippen LogP contribution in [0.1, 0.15) is 82.8 Å². The summed E-state index contributed by atoms with van der Waals surface area (Å²) in [5.41, 5.74) is 3.19. The first-order chi connectivity index (χ1) is 18.4. The molecule has 38 heavy (non-hydrogen) atoms. The summed E-state index contributed by atoms with van der Waals surface area (Å²) in [4.78, 5) is 33.9. The Hall–Kier alpha value is -3.02. The number of carbonyl (C=O) groups is 2. The standard InChI is InChI=1S/C32H43N3O3/c1-3-6-26(27-15-11-23(2)12-16-27)9-4-8-25-19-33-31(34-20-25)28-17-13-24(14-18-28)7-5-10-30(36)35-21-29(22-35)32(37)38/h4,8,13-14,17-20,23,26-27,29H,3,5-7,9-12,15-16,21-22H2,1-2H3,(H,37,38)/b8-4+. The molecule has 0 spiro atoms. The van der Waals surface area contributed by atoms with Crippen molar-refractivity contribution in [2.45, 2.75) is 78.1 Å². The van der Waals surface area contributed by atoms with E-state index in [2.05, 4.69) is 48.1 Å². The molecule has 1 amide bonds. The Morgan fingerprint density at radius 1 is 1.08 bits per heavy atom. The lowest BCUT2D eigenvalue weighted by Crippen LogP contribution is -2.52. The van der Waals surface area contributed by atoms with Crippen LogP contribution in [0.25, 0.3) is 17.5 Å². The zero-order valence-electron chi connectivity index (χ0n) is 23.0. The van der Waals surface area contributed by atoms with Gasteiger partial charge in [0.15, 0.2) is 5.82 Å². The predicted octanol–water partition coefficient (Wildman–Crippen LogP) is 6.66. The van der Waals surface area contributed by atoms with Gasteiger partial charge < -0.3 is 10.0 Å². The van der Waals surface area contributed by atoms with Crippen LogP contribution in [-0.2, 0) is 16.0 Å². The smallest absolute Gasteiger partial charge is 0.310 e. The summed E-state index contributed by atoms with van der Waals surface area (Å²) in [5, 5.41) is 8.94. The number of carboxylic acids is 1. The van der Waals surface area contributed by atoms with E-state index < -0.39 is 11.9 Å². The lowest BCUT2D eigenvalue weighted by molar-refractivity contribution is -0.152. The molecule has 1 aliphatic heterocycles. The number of aliphatic carboxylic acids is 1. The zero-order valence-corrected chi connectivity index (χ0v) is 23.0. The molecule has 2 heterocycles. The molecule has 2 aliphatic rings. The van der Waals surface area contributed by atoms with Crippen LogP contribution in [0.5, 0.6) is 0 Å². The van der Waals surface area contributed by atoms with E-state index in [4.69, 9.17) is 5.11 Å². The number of aromatic nitrogens is 2. The Bertz CT molecular complexity index is 1070. The van der Waals surface area contributed by atoms with Crippen LogP contribution in [0.2, 0.25) is 0 Å². The number of nitrogens with zero attached hydrogens (tertiary/aromatic N) is 3. The highest BCUT2D eigenvalue weighted by Gasteiger charge is 2.35. The molecule has 6 heteroatoms. The second-order valence-corrected chi connectivity index (χ2v) is 11.4. The van der Waals surface area contributed by atoms with Crippen LogP contribution in [-0.4, -0.2) is 44.9 Å². The molecular weight excluding hydrogens is 474 g/mol. The third-order valence-electron chi connectivity index (χ3n) is 8.46. The molecule has 0 bridgehead atoms. The zero-order chi connectivity index (χ0) is 26.9. The minimum Gasteiger partial charge on any atom is -0.481 e. The van der Waals surface area contributed by atoms with Gasteiger partial charge in [0.05, 0.1) is 5.92 Å². The second-order valence-electron chi connectivity index (χ2n) is 11.4. The van der Waals surface area contributed by atoms with E-state index in [1.54, 1.807) is 4.90 Å². The monoisotopic (exact) mass is 517 g/mol. The second kappa shape index (κ2) is 13.7. The van der Waals surface area contributed by atoms with Gasteiger partial charge in [0, 0.05) is 43.0 Å². The largest absolute Gasteiger partial charge is 0.481 e. The van der Waals surface area contributed by atoms with Gasteiger partial charge in [-0.25, -0.2) is 9.97 Å². The Kier molecular flexibility index (Phi) is 10.1. The summed E-state index contributed by atoms with van der Waals surface area (Å²) >= 11 is 0. The van der Waals surface area contributed by atoms with E-state index in [1.165, 1.54) is 44.1 Å². The Morgan fingerprint density at radius 2 is 1.76 bits per heavy atom. The lowest BCUT2D eigenvalue weighted by Gasteiger charge is -2.36. The van der Waals surface area contributed by atoms with E-state index in [9.17, 15) is 9.59 Å². The first-order valence-corrected chi connectivity index (χ1v) is 14.5. The molecule has 1 aliphatic carbocycles. The Labute approximate surface area is 227 Å². The highest BCUT2D eigenvalue weighted by atomic mass is 16.4. The normalized spacial score (nSPS) is 20.8. The van der Waals surface area contributed by atoms with Crippen LogP contribution in [0.15, 0.2) is 42.7 Å². The number of aryl methyl sites for hydroxylation is 1. The maximum absolute atomic E-state index is 12.2. The quantitative estimate of drug-likeness (QED) is 0.341. The predicted molar refractivity (Wildman–Crippen MR) is 151 cm³/mol. The number of carboxylic acid groups (broad SMARTS) is 1. The number of rotatable bonds is 12.